The summed E-state index contributed by atoms with van der Waals surface area (Å²) in [5.74, 6) is 0.531. The number of hydrogen-bond acceptors (Lipinski definition) is 4. The highest BCUT2D eigenvalue weighted by Crippen LogP contribution is 2.19. The Labute approximate surface area is 187 Å². The summed E-state index contributed by atoms with van der Waals surface area (Å²) in [6.45, 7) is 1.73. The van der Waals surface area contributed by atoms with Crippen LogP contribution in [0.2, 0.25) is 0 Å². The van der Waals surface area contributed by atoms with Gasteiger partial charge in [0.25, 0.3) is 5.91 Å². The van der Waals surface area contributed by atoms with Crippen LogP contribution in [0.25, 0.3) is 0 Å². The summed E-state index contributed by atoms with van der Waals surface area (Å²) in [7, 11) is 0. The normalized spacial score (nSPS) is 14.8. The monoisotopic (exact) mass is 452 g/mol. The van der Waals surface area contributed by atoms with Crippen LogP contribution in [0.5, 0.6) is 5.75 Å². The van der Waals surface area contributed by atoms with Gasteiger partial charge in [-0.1, -0.05) is 24.3 Å². The van der Waals surface area contributed by atoms with Crippen molar-refractivity contribution < 1.29 is 9.53 Å². The quantitative estimate of drug-likeness (QED) is 0.336. The fourth-order valence-corrected chi connectivity index (χ4v) is 3.03. The predicted octanol–water partition coefficient (Wildman–Crippen LogP) is 2.09. The van der Waals surface area contributed by atoms with Crippen molar-refractivity contribution in [2.24, 2.45) is 11.5 Å². The van der Waals surface area contributed by atoms with E-state index in [0.717, 1.165) is 24.3 Å². The molecule has 0 saturated carbocycles. The van der Waals surface area contributed by atoms with Crippen LogP contribution in [-0.4, -0.2) is 41.8 Å². The molecule has 1 atom stereocenters. The van der Waals surface area contributed by atoms with Gasteiger partial charge in [0, 0.05) is 30.6 Å². The number of amidine groups is 1. The summed E-state index contributed by atoms with van der Waals surface area (Å²) >= 11 is 0. The molecule has 1 aliphatic heterocycles. The summed E-state index contributed by atoms with van der Waals surface area (Å²) < 4.78 is 5.93. The molecule has 30 heavy (non-hydrogen) atoms. The maximum absolute atomic E-state index is 12.3. The number of guanidine groups is 1. The van der Waals surface area contributed by atoms with Gasteiger partial charge in [-0.25, -0.2) is 0 Å². The average molecular weight is 453 g/mol. The summed E-state index contributed by atoms with van der Waals surface area (Å²) in [6.07, 6.45) is 0.847. The van der Waals surface area contributed by atoms with E-state index in [2.05, 4.69) is 5.32 Å². The second kappa shape index (κ2) is 11.3. The van der Waals surface area contributed by atoms with Crippen molar-refractivity contribution in [3.63, 3.8) is 0 Å². The number of amides is 1. The standard InChI is InChI=1S/C20H24N6O2.2ClH/c21-18(22)14-2-1-3-15(10-14)19(27)25-11-13-4-6-16(7-5-13)28-17-8-9-26(12-17)20(23)24;;/h1-7,10,17H,8-9,11-12H2,(H3,21,22)(H3,23,24)(H,25,27);2*1H. The lowest BCUT2D eigenvalue weighted by atomic mass is 10.1. The smallest absolute Gasteiger partial charge is 0.251 e. The van der Waals surface area contributed by atoms with Gasteiger partial charge in [0.05, 0.1) is 6.54 Å². The number of nitrogen functional groups attached to an aromatic ring is 1. The molecule has 1 saturated heterocycles. The Morgan fingerprint density at radius 2 is 1.77 bits per heavy atom. The first kappa shape index (κ1) is 25.1. The number of ether oxygens (including phenoxy) is 1. The topological polar surface area (TPSA) is 141 Å². The van der Waals surface area contributed by atoms with Gasteiger partial charge in [0.15, 0.2) is 5.96 Å². The number of hydrogen-bond donors (Lipinski definition) is 5. The molecule has 0 radical (unpaired) electrons. The summed E-state index contributed by atoms with van der Waals surface area (Å²) in [6, 6.07) is 14.2. The van der Waals surface area contributed by atoms with Crippen LogP contribution in [0.15, 0.2) is 48.5 Å². The molecule has 1 heterocycles. The summed E-state index contributed by atoms with van der Waals surface area (Å²) in [5.41, 5.74) is 12.9. The lowest BCUT2D eigenvalue weighted by molar-refractivity contribution is 0.0951. The molecule has 7 N–H and O–H groups in total. The van der Waals surface area contributed by atoms with Crippen molar-refractivity contribution in [2.45, 2.75) is 19.1 Å². The number of rotatable bonds is 6. The Hall–Kier alpha value is -2.97. The molecule has 2 aromatic carbocycles. The molecule has 1 unspecified atom stereocenters. The van der Waals surface area contributed by atoms with Gasteiger partial charge in [-0.05, 0) is 29.8 Å². The third-order valence-electron chi connectivity index (χ3n) is 4.60. The van der Waals surface area contributed by atoms with Crippen molar-refractivity contribution >= 4 is 42.5 Å². The number of carbonyl (C=O) groups excluding carboxylic acids is 1. The Morgan fingerprint density at radius 3 is 2.37 bits per heavy atom. The van der Waals surface area contributed by atoms with E-state index in [9.17, 15) is 4.79 Å². The maximum atomic E-state index is 12.3. The summed E-state index contributed by atoms with van der Waals surface area (Å²) in [4.78, 5) is 14.1. The van der Waals surface area contributed by atoms with E-state index >= 15 is 0 Å². The molecule has 8 nitrogen and oxygen atoms in total. The first-order chi connectivity index (χ1) is 13.4. The van der Waals surface area contributed by atoms with Gasteiger partial charge < -0.3 is 26.4 Å². The fraction of sp³-hybridized carbons (Fsp3) is 0.250. The van der Waals surface area contributed by atoms with E-state index in [1.807, 2.05) is 24.3 Å². The molecule has 162 valence electrons. The van der Waals surface area contributed by atoms with Crippen LogP contribution in [0.1, 0.15) is 27.9 Å². The molecule has 0 spiro atoms. The first-order valence-corrected chi connectivity index (χ1v) is 8.99. The van der Waals surface area contributed by atoms with Crippen molar-refractivity contribution in [3.8, 4) is 5.75 Å². The summed E-state index contributed by atoms with van der Waals surface area (Å²) in [5, 5.41) is 17.8. The van der Waals surface area contributed by atoms with Crippen molar-refractivity contribution in [2.75, 3.05) is 13.1 Å². The molecule has 2 aromatic rings. The SMILES string of the molecule is Cl.Cl.N=C(N)c1cccc(C(=O)NCc2ccc(OC3CCN(C(=N)N)C3)cc2)c1. The highest BCUT2D eigenvalue weighted by atomic mass is 35.5. The molecular formula is C20H26Cl2N6O2. The highest BCUT2D eigenvalue weighted by molar-refractivity contribution is 6.00. The minimum Gasteiger partial charge on any atom is -0.489 e. The van der Waals surface area contributed by atoms with E-state index in [1.165, 1.54) is 0 Å². The van der Waals surface area contributed by atoms with E-state index in [4.69, 9.17) is 27.0 Å². The Balaban J connectivity index is 0.00000225. The third kappa shape index (κ3) is 6.53. The minimum atomic E-state index is -0.223. The predicted molar refractivity (Wildman–Crippen MR) is 122 cm³/mol. The van der Waals surface area contributed by atoms with Gasteiger partial charge in [0.2, 0.25) is 0 Å². The van der Waals surface area contributed by atoms with Gasteiger partial charge in [-0.15, -0.1) is 24.8 Å². The van der Waals surface area contributed by atoms with Crippen molar-refractivity contribution in [1.82, 2.24) is 10.2 Å². The largest absolute Gasteiger partial charge is 0.489 e. The van der Waals surface area contributed by atoms with Crippen molar-refractivity contribution in [1.29, 1.82) is 10.8 Å². The van der Waals surface area contributed by atoms with Gasteiger partial charge in [-0.2, -0.15) is 0 Å². The molecular weight excluding hydrogens is 427 g/mol. The zero-order valence-electron chi connectivity index (χ0n) is 16.3. The third-order valence-corrected chi connectivity index (χ3v) is 4.60. The molecule has 0 bridgehead atoms. The minimum absolute atomic E-state index is 0. The van der Waals surface area contributed by atoms with Gasteiger partial charge in [0.1, 0.15) is 17.7 Å². The molecule has 1 fully saturated rings. The van der Waals surface area contributed by atoms with Gasteiger partial charge in [-0.3, -0.25) is 15.6 Å². The van der Waals surface area contributed by atoms with Crippen LogP contribution >= 0.6 is 24.8 Å². The number of benzene rings is 2. The number of likely N-dealkylation sites (tertiary alicyclic amines) is 1. The second-order valence-electron chi connectivity index (χ2n) is 6.68. The highest BCUT2D eigenvalue weighted by Gasteiger charge is 2.24. The van der Waals surface area contributed by atoms with Crippen molar-refractivity contribution in [3.05, 3.63) is 65.2 Å². The number of nitrogens with two attached hydrogens (primary N) is 2. The Kier molecular flexibility index (Phi) is 9.42. The lowest BCUT2D eigenvalue weighted by Crippen LogP contribution is -2.35. The van der Waals surface area contributed by atoms with E-state index in [-0.39, 0.29) is 48.6 Å². The zero-order valence-corrected chi connectivity index (χ0v) is 17.9. The van der Waals surface area contributed by atoms with E-state index in [0.29, 0.717) is 24.2 Å². The van der Waals surface area contributed by atoms with Crippen LogP contribution in [0.3, 0.4) is 0 Å². The molecule has 10 heteroatoms. The first-order valence-electron chi connectivity index (χ1n) is 8.99. The maximum Gasteiger partial charge on any atom is 0.251 e. The molecule has 0 aromatic heterocycles. The Bertz CT molecular complexity index is 891. The van der Waals surface area contributed by atoms with Gasteiger partial charge >= 0.3 is 0 Å². The number of nitrogens with zero attached hydrogens (tertiary/aromatic N) is 1. The second-order valence-corrected chi connectivity index (χ2v) is 6.68. The average Bonchev–Trinajstić information content (AvgIpc) is 3.16. The number of carbonyl (C=O) groups is 1. The Morgan fingerprint density at radius 1 is 1.10 bits per heavy atom. The van der Waals surface area contributed by atoms with Crippen LogP contribution < -0.4 is 21.5 Å². The van der Waals surface area contributed by atoms with E-state index in [1.54, 1.807) is 29.2 Å². The van der Waals surface area contributed by atoms with E-state index < -0.39 is 0 Å². The molecule has 1 aliphatic rings. The molecule has 1 amide bonds. The van der Waals surface area contributed by atoms with Crippen LogP contribution in [-0.2, 0) is 6.54 Å². The van der Waals surface area contributed by atoms with Crippen LogP contribution in [0, 0.1) is 10.8 Å². The molecule has 3 rings (SSSR count). The zero-order chi connectivity index (χ0) is 20.1. The number of halogens is 2. The number of nitrogens with one attached hydrogen (secondary N) is 3. The molecule has 0 aliphatic carbocycles. The van der Waals surface area contributed by atoms with Crippen LogP contribution in [0.4, 0.5) is 0 Å². The fourth-order valence-electron chi connectivity index (χ4n) is 3.03. The lowest BCUT2D eigenvalue weighted by Gasteiger charge is -2.16.